The monoisotopic (exact) mass is 326 g/mol. The highest BCUT2D eigenvalue weighted by Crippen LogP contribution is 2.21. The van der Waals surface area contributed by atoms with E-state index in [1.165, 1.54) is 4.90 Å². The van der Waals surface area contributed by atoms with Gasteiger partial charge in [0.15, 0.2) is 5.96 Å². The highest BCUT2D eigenvalue weighted by atomic mass is 19.1. The minimum absolute atomic E-state index is 0.0412. The van der Waals surface area contributed by atoms with Crippen LogP contribution in [0.15, 0.2) is 23.2 Å². The van der Waals surface area contributed by atoms with Crippen molar-refractivity contribution in [3.8, 4) is 0 Å². The smallest absolute Gasteiger partial charge is 0.251 e. The number of nitrogens with two attached hydrogens (primary N) is 1. The molecule has 1 heterocycles. The molecule has 1 saturated heterocycles. The van der Waals surface area contributed by atoms with Crippen LogP contribution >= 0.6 is 0 Å². The molecule has 8 heteroatoms. The van der Waals surface area contributed by atoms with E-state index in [1.54, 1.807) is 14.1 Å². The topological polar surface area (TPSA) is 80.0 Å². The molecule has 1 aromatic rings. The number of hydrogen-bond acceptors (Lipinski definition) is 3. The van der Waals surface area contributed by atoms with E-state index >= 15 is 0 Å². The lowest BCUT2D eigenvalue weighted by Crippen LogP contribution is -2.34. The zero-order valence-electron chi connectivity index (χ0n) is 13.1. The second kappa shape index (κ2) is 7.36. The molecule has 3 N–H and O–H groups in total. The Balaban J connectivity index is 1.88. The summed E-state index contributed by atoms with van der Waals surface area (Å²) in [5.74, 6) is -1.32. The Labute approximate surface area is 133 Å². The Bertz CT molecular complexity index is 607. The molecule has 0 saturated carbocycles. The molecule has 126 valence electrons. The first-order chi connectivity index (χ1) is 10.9. The molecule has 1 fully saturated rings. The fourth-order valence-electron chi connectivity index (χ4n) is 2.28. The van der Waals surface area contributed by atoms with Crippen LogP contribution in [0.4, 0.5) is 14.5 Å². The van der Waals surface area contributed by atoms with Crippen molar-refractivity contribution in [3.63, 3.8) is 0 Å². The van der Waals surface area contributed by atoms with Crippen LogP contribution in [-0.2, 0) is 9.53 Å². The number of amides is 1. The predicted octanol–water partition coefficient (Wildman–Crippen LogP) is 1.33. The van der Waals surface area contributed by atoms with E-state index in [0.29, 0.717) is 12.8 Å². The average Bonchev–Trinajstić information content (AvgIpc) is 2.97. The number of anilines is 1. The highest BCUT2D eigenvalue weighted by Gasteiger charge is 2.31. The number of nitrogens with zero attached hydrogens (tertiary/aromatic N) is 2. The molecular weight excluding hydrogens is 306 g/mol. The van der Waals surface area contributed by atoms with Crippen LogP contribution in [0.1, 0.15) is 12.8 Å². The van der Waals surface area contributed by atoms with Crippen molar-refractivity contribution in [3.05, 3.63) is 29.8 Å². The van der Waals surface area contributed by atoms with Gasteiger partial charge in [0, 0.05) is 20.2 Å². The lowest BCUT2D eigenvalue weighted by atomic mass is 10.2. The summed E-state index contributed by atoms with van der Waals surface area (Å²) in [6.45, 7) is 0.243. The molecule has 2 atom stereocenters. The number of carbonyl (C=O) groups excluding carboxylic acids is 1. The Morgan fingerprint density at radius 2 is 2.17 bits per heavy atom. The third kappa shape index (κ3) is 4.62. The molecule has 0 aliphatic carbocycles. The van der Waals surface area contributed by atoms with E-state index < -0.39 is 17.7 Å². The number of halogens is 2. The zero-order chi connectivity index (χ0) is 17.0. The van der Waals surface area contributed by atoms with Gasteiger partial charge in [-0.25, -0.2) is 8.78 Å². The van der Waals surface area contributed by atoms with Crippen LogP contribution in [0.25, 0.3) is 0 Å². The molecule has 0 aromatic heterocycles. The summed E-state index contributed by atoms with van der Waals surface area (Å²) in [6.07, 6.45) is 0.639. The zero-order valence-corrected chi connectivity index (χ0v) is 13.1. The van der Waals surface area contributed by atoms with Gasteiger partial charge in [-0.15, -0.1) is 0 Å². The number of aliphatic imine (C=N–C) groups is 1. The minimum atomic E-state index is -0.627. The number of hydrogen-bond donors (Lipinski definition) is 2. The van der Waals surface area contributed by atoms with Crippen LogP contribution in [0.5, 0.6) is 0 Å². The number of nitrogens with one attached hydrogen (secondary N) is 1. The number of ether oxygens (including phenoxy) is 1. The second-order valence-corrected chi connectivity index (χ2v) is 5.53. The number of carbonyl (C=O) groups is 1. The maximum absolute atomic E-state index is 13.5. The van der Waals surface area contributed by atoms with E-state index in [2.05, 4.69) is 10.3 Å². The van der Waals surface area contributed by atoms with Crippen molar-refractivity contribution in [2.24, 2.45) is 10.7 Å². The normalized spacial score (nSPS) is 21.3. The molecule has 1 aromatic carbocycles. The molecule has 1 aliphatic heterocycles. The van der Waals surface area contributed by atoms with Crippen LogP contribution in [0, 0.1) is 11.6 Å². The summed E-state index contributed by atoms with van der Waals surface area (Å²) in [4.78, 5) is 17.3. The van der Waals surface area contributed by atoms with Gasteiger partial charge in [-0.1, -0.05) is 0 Å². The fraction of sp³-hybridized carbons (Fsp3) is 0.467. The molecule has 2 unspecified atom stereocenters. The molecule has 1 amide bonds. The second-order valence-electron chi connectivity index (χ2n) is 5.53. The van der Waals surface area contributed by atoms with E-state index in [4.69, 9.17) is 10.5 Å². The summed E-state index contributed by atoms with van der Waals surface area (Å²) in [6, 6.07) is 3.01. The van der Waals surface area contributed by atoms with Crippen molar-refractivity contribution < 1.29 is 18.3 Å². The van der Waals surface area contributed by atoms with Crippen molar-refractivity contribution in [2.45, 2.75) is 25.0 Å². The first kappa shape index (κ1) is 17.1. The lowest BCUT2D eigenvalue weighted by Gasteiger charge is -2.16. The van der Waals surface area contributed by atoms with Gasteiger partial charge >= 0.3 is 0 Å². The van der Waals surface area contributed by atoms with Crippen LogP contribution in [0.3, 0.4) is 0 Å². The van der Waals surface area contributed by atoms with E-state index in [9.17, 15) is 13.6 Å². The number of rotatable bonds is 4. The van der Waals surface area contributed by atoms with Gasteiger partial charge in [-0.2, -0.15) is 0 Å². The summed E-state index contributed by atoms with van der Waals surface area (Å²) in [5, 5.41) is 2.51. The van der Waals surface area contributed by atoms with Crippen LogP contribution in [0.2, 0.25) is 0 Å². The Kier molecular flexibility index (Phi) is 5.49. The third-order valence-corrected chi connectivity index (χ3v) is 3.48. The maximum Gasteiger partial charge on any atom is 0.251 e. The number of likely N-dealkylation sites (N-methyl/N-ethyl adjacent to an activating group) is 1. The van der Waals surface area contributed by atoms with Gasteiger partial charge in [-0.3, -0.25) is 9.79 Å². The molecule has 0 spiro atoms. The summed E-state index contributed by atoms with van der Waals surface area (Å²) in [5.41, 5.74) is 5.58. The van der Waals surface area contributed by atoms with E-state index in [0.717, 1.165) is 18.2 Å². The van der Waals surface area contributed by atoms with Gasteiger partial charge in [0.1, 0.15) is 17.7 Å². The van der Waals surface area contributed by atoms with E-state index in [-0.39, 0.29) is 30.2 Å². The van der Waals surface area contributed by atoms with Crippen molar-refractivity contribution in [1.82, 2.24) is 4.90 Å². The first-order valence-electron chi connectivity index (χ1n) is 7.25. The summed E-state index contributed by atoms with van der Waals surface area (Å²) >= 11 is 0. The molecule has 6 nitrogen and oxygen atoms in total. The quantitative estimate of drug-likeness (QED) is 0.646. The van der Waals surface area contributed by atoms with Gasteiger partial charge in [0.05, 0.1) is 18.3 Å². The maximum atomic E-state index is 13.5. The van der Waals surface area contributed by atoms with E-state index in [1.807, 2.05) is 0 Å². The molecule has 0 bridgehead atoms. The predicted molar refractivity (Wildman–Crippen MR) is 83.1 cm³/mol. The third-order valence-electron chi connectivity index (χ3n) is 3.48. The van der Waals surface area contributed by atoms with Gasteiger partial charge in [-0.05, 0) is 25.0 Å². The fourth-order valence-corrected chi connectivity index (χ4v) is 2.28. The molecule has 2 rings (SSSR count). The molecule has 23 heavy (non-hydrogen) atoms. The highest BCUT2D eigenvalue weighted by molar-refractivity contribution is 5.92. The Morgan fingerprint density at radius 3 is 2.87 bits per heavy atom. The molecular formula is C15H20F2N4O2. The molecule has 0 radical (unpaired) electrons. The number of benzene rings is 1. The van der Waals surface area contributed by atoms with Crippen molar-refractivity contribution in [1.29, 1.82) is 0 Å². The van der Waals surface area contributed by atoms with Gasteiger partial charge in [0.2, 0.25) is 0 Å². The van der Waals surface area contributed by atoms with Crippen molar-refractivity contribution in [2.75, 3.05) is 26.0 Å². The largest absolute Gasteiger partial charge is 0.370 e. The summed E-state index contributed by atoms with van der Waals surface area (Å²) in [7, 11) is 3.35. The molecule has 1 aliphatic rings. The van der Waals surface area contributed by atoms with Gasteiger partial charge in [0.25, 0.3) is 5.91 Å². The minimum Gasteiger partial charge on any atom is -0.370 e. The SMILES string of the molecule is CN(C)C(=O)C1CCC(CN=C(N)Nc2cc(F)ccc2F)O1. The Morgan fingerprint density at radius 1 is 1.43 bits per heavy atom. The standard InChI is InChI=1S/C15H20F2N4O2/c1-21(2)14(22)13-6-4-10(23-13)8-19-15(18)20-12-7-9(16)3-5-11(12)17/h3,5,7,10,13H,4,6,8H2,1-2H3,(H3,18,19,20). The van der Waals surface area contributed by atoms with Gasteiger partial charge < -0.3 is 20.7 Å². The average molecular weight is 326 g/mol. The van der Waals surface area contributed by atoms with Crippen LogP contribution in [-0.4, -0.2) is 49.6 Å². The lowest BCUT2D eigenvalue weighted by molar-refractivity contribution is -0.140. The summed E-state index contributed by atoms with van der Waals surface area (Å²) < 4.78 is 32.2. The van der Waals surface area contributed by atoms with Crippen LogP contribution < -0.4 is 11.1 Å². The van der Waals surface area contributed by atoms with Crippen molar-refractivity contribution >= 4 is 17.6 Å². The number of guanidine groups is 1. The first-order valence-corrected chi connectivity index (χ1v) is 7.25. The Hall–Kier alpha value is -2.22.